The molecule has 0 aromatic heterocycles. The highest BCUT2D eigenvalue weighted by atomic mass is 32.2. The fourth-order valence-corrected chi connectivity index (χ4v) is 2.96. The number of ketones is 1. The van der Waals surface area contributed by atoms with Crippen molar-refractivity contribution in [1.29, 1.82) is 0 Å². The molecule has 0 saturated heterocycles. The van der Waals surface area contributed by atoms with Crippen LogP contribution in [-0.4, -0.2) is 30.4 Å². The van der Waals surface area contributed by atoms with Gasteiger partial charge in [-0.3, -0.25) is 10.0 Å². The molecule has 0 heterocycles. The Morgan fingerprint density at radius 2 is 1.89 bits per heavy atom. The van der Waals surface area contributed by atoms with Gasteiger partial charge >= 0.3 is 0 Å². The molecular weight excluding hydrogens is 266 g/mol. The predicted molar refractivity (Wildman–Crippen MR) is 69.1 cm³/mol. The second-order valence-electron chi connectivity index (χ2n) is 4.34. The van der Waals surface area contributed by atoms with Gasteiger partial charge in [0.25, 0.3) is 10.0 Å². The summed E-state index contributed by atoms with van der Waals surface area (Å²) < 4.78 is 24.3. The smallest absolute Gasteiger partial charge is 0.265 e. The zero-order chi connectivity index (χ0) is 13.9. The number of Topliss-reactive ketones (excluding diaryl/α,β-unsaturated/α-hetero) is 1. The van der Waals surface area contributed by atoms with Crippen molar-refractivity contribution in [2.45, 2.75) is 24.2 Å². The van der Waals surface area contributed by atoms with Crippen LogP contribution in [0.1, 0.15) is 19.3 Å². The van der Waals surface area contributed by atoms with E-state index in [0.29, 0.717) is 12.0 Å². The highest BCUT2D eigenvalue weighted by Crippen LogP contribution is 2.18. The summed E-state index contributed by atoms with van der Waals surface area (Å²) in [6.07, 6.45) is 3.61. The summed E-state index contributed by atoms with van der Waals surface area (Å²) in [6, 6.07) is 7.64. The van der Waals surface area contributed by atoms with Crippen LogP contribution in [-0.2, 0) is 14.8 Å². The largest absolute Gasteiger partial charge is 0.299 e. The third-order valence-corrected chi connectivity index (χ3v) is 4.53. The van der Waals surface area contributed by atoms with Gasteiger partial charge in [-0.05, 0) is 25.0 Å². The molecule has 1 aromatic carbocycles. The molecule has 0 bridgehead atoms. The normalized spacial score (nSPS) is 16.5. The quantitative estimate of drug-likeness (QED) is 0.853. The first-order valence-electron chi connectivity index (χ1n) is 6.01. The lowest BCUT2D eigenvalue weighted by Gasteiger charge is -2.18. The molecule has 0 saturated carbocycles. The molecule has 0 amide bonds. The maximum atomic E-state index is 12.0. The number of nitrogens with zero attached hydrogens (tertiary/aromatic N) is 1. The first-order chi connectivity index (χ1) is 9.01. The minimum absolute atomic E-state index is 0.00126. The number of hydrogen-bond donors (Lipinski definition) is 1. The fourth-order valence-electron chi connectivity index (χ4n) is 1.91. The van der Waals surface area contributed by atoms with E-state index in [9.17, 15) is 18.4 Å². The number of hydrogen-bond acceptors (Lipinski definition) is 4. The summed E-state index contributed by atoms with van der Waals surface area (Å²) in [5.41, 5.74) is 0.355. The molecule has 1 aliphatic rings. The topological polar surface area (TPSA) is 74.7 Å². The van der Waals surface area contributed by atoms with Gasteiger partial charge in [-0.2, -0.15) is 0 Å². The summed E-state index contributed by atoms with van der Waals surface area (Å²) >= 11 is 0. The van der Waals surface area contributed by atoms with E-state index in [0.717, 1.165) is 12.8 Å². The highest BCUT2D eigenvalue weighted by Gasteiger charge is 2.26. The maximum Gasteiger partial charge on any atom is 0.265 e. The van der Waals surface area contributed by atoms with E-state index in [2.05, 4.69) is 0 Å². The molecule has 0 spiro atoms. The first-order valence-corrected chi connectivity index (χ1v) is 7.45. The van der Waals surface area contributed by atoms with Crippen LogP contribution in [0.2, 0.25) is 0 Å². The van der Waals surface area contributed by atoms with Crippen molar-refractivity contribution in [3.63, 3.8) is 0 Å². The Morgan fingerprint density at radius 3 is 2.53 bits per heavy atom. The van der Waals surface area contributed by atoms with Gasteiger partial charge in [-0.15, -0.1) is 0 Å². The number of hydroxylamine groups is 1. The lowest BCUT2D eigenvalue weighted by Crippen LogP contribution is -2.31. The van der Waals surface area contributed by atoms with Crippen molar-refractivity contribution in [2.24, 2.45) is 0 Å². The van der Waals surface area contributed by atoms with E-state index in [4.69, 9.17) is 0 Å². The number of benzene rings is 1. The average Bonchev–Trinajstić information content (AvgIpc) is 2.42. The molecule has 0 radical (unpaired) electrons. The van der Waals surface area contributed by atoms with E-state index in [1.54, 1.807) is 24.3 Å². The van der Waals surface area contributed by atoms with Crippen LogP contribution in [0.25, 0.3) is 0 Å². The maximum absolute atomic E-state index is 12.0. The second kappa shape index (κ2) is 5.64. The molecule has 6 heteroatoms. The summed E-state index contributed by atoms with van der Waals surface area (Å²) in [4.78, 5) is 11.6. The van der Waals surface area contributed by atoms with Gasteiger partial charge in [0, 0.05) is 12.0 Å². The van der Waals surface area contributed by atoms with E-state index >= 15 is 0 Å². The Labute approximate surface area is 112 Å². The summed E-state index contributed by atoms with van der Waals surface area (Å²) in [5.74, 6) is -0.103. The van der Waals surface area contributed by atoms with Gasteiger partial charge in [0.05, 0.1) is 11.4 Å². The van der Waals surface area contributed by atoms with E-state index in [1.165, 1.54) is 12.1 Å². The predicted octanol–water partition coefficient (Wildman–Crippen LogP) is 1.75. The van der Waals surface area contributed by atoms with Crippen LogP contribution in [0, 0.1) is 0 Å². The second-order valence-corrected chi connectivity index (χ2v) is 6.19. The number of carbonyl (C=O) groups is 1. The van der Waals surface area contributed by atoms with Crippen molar-refractivity contribution in [2.75, 3.05) is 6.54 Å². The van der Waals surface area contributed by atoms with Crippen molar-refractivity contribution in [3.8, 4) is 0 Å². The molecule has 1 aromatic rings. The minimum atomic E-state index is -3.97. The Balaban J connectivity index is 2.18. The van der Waals surface area contributed by atoms with E-state index in [1.807, 2.05) is 0 Å². The van der Waals surface area contributed by atoms with Crippen LogP contribution in [0.4, 0.5) is 0 Å². The van der Waals surface area contributed by atoms with Crippen molar-refractivity contribution in [1.82, 2.24) is 4.47 Å². The lowest BCUT2D eigenvalue weighted by atomic mass is 9.98. The molecule has 1 N–H and O–H groups in total. The van der Waals surface area contributed by atoms with Gasteiger partial charge in [-0.1, -0.05) is 28.7 Å². The monoisotopic (exact) mass is 281 g/mol. The zero-order valence-corrected chi connectivity index (χ0v) is 11.1. The Bertz CT molecular complexity index is 592. The van der Waals surface area contributed by atoms with E-state index < -0.39 is 10.0 Å². The Kier molecular flexibility index (Phi) is 4.14. The lowest BCUT2D eigenvalue weighted by molar-refractivity contribution is -0.116. The van der Waals surface area contributed by atoms with Gasteiger partial charge in [0.1, 0.15) is 0 Å². The Morgan fingerprint density at radius 1 is 1.21 bits per heavy atom. The number of carbonyl (C=O) groups excluding carboxylic acids is 1. The van der Waals surface area contributed by atoms with Crippen molar-refractivity contribution < 1.29 is 18.4 Å². The molecule has 5 nitrogen and oxygen atoms in total. The van der Waals surface area contributed by atoms with Crippen LogP contribution in [0.5, 0.6) is 0 Å². The van der Waals surface area contributed by atoms with Gasteiger partial charge in [0.15, 0.2) is 5.78 Å². The molecule has 0 atom stereocenters. The van der Waals surface area contributed by atoms with Crippen LogP contribution in [0.3, 0.4) is 0 Å². The summed E-state index contributed by atoms with van der Waals surface area (Å²) in [6.45, 7) is -0.296. The molecule has 102 valence electrons. The summed E-state index contributed by atoms with van der Waals surface area (Å²) in [7, 11) is -3.97. The van der Waals surface area contributed by atoms with Crippen LogP contribution < -0.4 is 0 Å². The third-order valence-electron chi connectivity index (χ3n) is 2.98. The zero-order valence-electron chi connectivity index (χ0n) is 10.3. The average molecular weight is 281 g/mol. The molecule has 2 rings (SSSR count). The van der Waals surface area contributed by atoms with Crippen molar-refractivity contribution in [3.05, 3.63) is 42.0 Å². The van der Waals surface area contributed by atoms with Crippen LogP contribution in [0.15, 0.2) is 46.9 Å². The molecule has 0 aliphatic heterocycles. The SMILES string of the molecule is O=C1CCCC=C1CN(O)S(=O)(=O)c1ccccc1. The van der Waals surface area contributed by atoms with Gasteiger partial charge in [0.2, 0.25) is 0 Å². The van der Waals surface area contributed by atoms with E-state index in [-0.39, 0.29) is 21.7 Å². The van der Waals surface area contributed by atoms with Gasteiger partial charge < -0.3 is 0 Å². The molecule has 0 fully saturated rings. The fraction of sp³-hybridized carbons (Fsp3) is 0.308. The molecule has 19 heavy (non-hydrogen) atoms. The van der Waals surface area contributed by atoms with Gasteiger partial charge in [-0.25, -0.2) is 8.42 Å². The third kappa shape index (κ3) is 3.09. The summed E-state index contributed by atoms with van der Waals surface area (Å²) in [5, 5.41) is 9.75. The molecule has 1 aliphatic carbocycles. The molecule has 0 unspecified atom stereocenters. The standard InChI is InChI=1S/C13H15NO4S/c15-13-9-5-4-6-11(13)10-14(16)19(17,18)12-7-2-1-3-8-12/h1-3,6-8,16H,4-5,9-10H2. The highest BCUT2D eigenvalue weighted by molar-refractivity contribution is 7.89. The first kappa shape index (κ1) is 13.9. The number of rotatable bonds is 4. The van der Waals surface area contributed by atoms with Crippen molar-refractivity contribution >= 4 is 15.8 Å². The molecular formula is C13H15NO4S. The number of allylic oxidation sites excluding steroid dienone is 1. The minimum Gasteiger partial charge on any atom is -0.299 e. The number of sulfonamides is 1. The Hall–Kier alpha value is -1.50. The van der Waals surface area contributed by atoms with Crippen LogP contribution >= 0.6 is 0 Å².